The Balaban J connectivity index is 1.90. The number of rotatable bonds is 4. The van der Waals surface area contributed by atoms with Crippen LogP contribution in [0.5, 0.6) is 0 Å². The van der Waals surface area contributed by atoms with E-state index in [4.69, 9.17) is 0 Å². The van der Waals surface area contributed by atoms with E-state index in [1.807, 2.05) is 0 Å². The van der Waals surface area contributed by atoms with E-state index in [0.29, 0.717) is 12.5 Å². The molecule has 17 heavy (non-hydrogen) atoms. The Morgan fingerprint density at radius 1 is 1.47 bits per heavy atom. The van der Waals surface area contributed by atoms with Gasteiger partial charge in [0.15, 0.2) is 0 Å². The van der Waals surface area contributed by atoms with Gasteiger partial charge >= 0.3 is 6.03 Å². The second-order valence-electron chi connectivity index (χ2n) is 5.15. The number of nitrogens with zero attached hydrogens (tertiary/aromatic N) is 1. The molecule has 0 unspecified atom stereocenters. The van der Waals surface area contributed by atoms with Crippen molar-refractivity contribution in [2.24, 2.45) is 5.92 Å². The second-order valence-corrected chi connectivity index (χ2v) is 5.15. The Kier molecular flexibility index (Phi) is 2.81. The zero-order valence-corrected chi connectivity index (χ0v) is 10.1. The highest BCUT2D eigenvalue weighted by molar-refractivity contribution is 6.07. The highest BCUT2D eigenvalue weighted by atomic mass is 16.2. The topological polar surface area (TPSA) is 78.5 Å². The average molecular weight is 239 g/mol. The Morgan fingerprint density at radius 3 is 2.59 bits per heavy atom. The number of hydrogen-bond donors (Lipinski definition) is 2. The summed E-state index contributed by atoms with van der Waals surface area (Å²) in [5.41, 5.74) is -0.950. The van der Waals surface area contributed by atoms with E-state index in [0.717, 1.165) is 12.8 Å². The first-order chi connectivity index (χ1) is 7.91. The summed E-state index contributed by atoms with van der Waals surface area (Å²) in [6, 6.07) is -0.499. The molecule has 1 saturated carbocycles. The predicted octanol–water partition coefficient (Wildman–Crippen LogP) is -0.157. The van der Waals surface area contributed by atoms with Crippen LogP contribution in [-0.2, 0) is 9.59 Å². The molecule has 6 nitrogen and oxygen atoms in total. The number of nitrogens with one attached hydrogen (secondary N) is 2. The molecule has 1 heterocycles. The fourth-order valence-electron chi connectivity index (χ4n) is 1.74. The first-order valence-corrected chi connectivity index (χ1v) is 5.81. The van der Waals surface area contributed by atoms with Crippen LogP contribution in [0.2, 0.25) is 0 Å². The van der Waals surface area contributed by atoms with Crippen LogP contribution in [0.3, 0.4) is 0 Å². The van der Waals surface area contributed by atoms with Gasteiger partial charge in [0.25, 0.3) is 5.91 Å². The molecular weight excluding hydrogens is 222 g/mol. The van der Waals surface area contributed by atoms with Gasteiger partial charge < -0.3 is 10.2 Å². The lowest BCUT2D eigenvalue weighted by Gasteiger charge is -2.27. The first-order valence-electron chi connectivity index (χ1n) is 5.81. The first kappa shape index (κ1) is 11.9. The summed E-state index contributed by atoms with van der Waals surface area (Å²) in [4.78, 5) is 35.9. The van der Waals surface area contributed by atoms with Crippen molar-refractivity contribution in [3.8, 4) is 0 Å². The molecule has 1 saturated heterocycles. The van der Waals surface area contributed by atoms with Crippen molar-refractivity contribution in [3.63, 3.8) is 0 Å². The number of carbonyl (C=O) groups excluding carboxylic acids is 3. The van der Waals surface area contributed by atoms with Crippen LogP contribution < -0.4 is 10.6 Å². The van der Waals surface area contributed by atoms with Gasteiger partial charge in [-0.25, -0.2) is 4.79 Å². The Morgan fingerprint density at radius 2 is 2.12 bits per heavy atom. The summed E-state index contributed by atoms with van der Waals surface area (Å²) in [5, 5.41) is 4.98. The van der Waals surface area contributed by atoms with Gasteiger partial charge in [0, 0.05) is 6.54 Å². The standard InChI is InChI=1S/C11H17N3O3/c1-11(2)9(16)13-10(17)14(11)6-8(15)12-5-7-3-4-7/h7H,3-6H2,1-2H3,(H,12,15)(H,13,16,17). The highest BCUT2D eigenvalue weighted by Gasteiger charge is 2.46. The van der Waals surface area contributed by atoms with Gasteiger partial charge in [-0.05, 0) is 32.6 Å². The van der Waals surface area contributed by atoms with Crippen LogP contribution in [0.15, 0.2) is 0 Å². The molecule has 0 bridgehead atoms. The largest absolute Gasteiger partial charge is 0.354 e. The summed E-state index contributed by atoms with van der Waals surface area (Å²) in [6.45, 7) is 3.85. The van der Waals surface area contributed by atoms with Gasteiger partial charge in [0.05, 0.1) is 0 Å². The van der Waals surface area contributed by atoms with Crippen LogP contribution in [0.4, 0.5) is 4.79 Å². The lowest BCUT2D eigenvalue weighted by atomic mass is 10.0. The molecule has 2 rings (SSSR count). The molecule has 0 spiro atoms. The molecule has 0 aromatic rings. The van der Waals surface area contributed by atoms with Crippen molar-refractivity contribution in [2.45, 2.75) is 32.2 Å². The number of hydrogen-bond acceptors (Lipinski definition) is 3. The van der Waals surface area contributed by atoms with Crippen LogP contribution in [-0.4, -0.2) is 41.4 Å². The molecular formula is C11H17N3O3. The molecule has 6 heteroatoms. The van der Waals surface area contributed by atoms with Crippen LogP contribution in [0.25, 0.3) is 0 Å². The lowest BCUT2D eigenvalue weighted by molar-refractivity contribution is -0.127. The zero-order valence-electron chi connectivity index (χ0n) is 10.1. The highest BCUT2D eigenvalue weighted by Crippen LogP contribution is 2.27. The van der Waals surface area contributed by atoms with Crippen molar-refractivity contribution in [1.82, 2.24) is 15.5 Å². The van der Waals surface area contributed by atoms with Gasteiger partial charge in [-0.15, -0.1) is 0 Å². The van der Waals surface area contributed by atoms with Gasteiger partial charge in [0.2, 0.25) is 5.91 Å². The van der Waals surface area contributed by atoms with E-state index in [1.54, 1.807) is 13.8 Å². The maximum Gasteiger partial charge on any atom is 0.325 e. The maximum atomic E-state index is 11.6. The minimum absolute atomic E-state index is 0.0721. The molecule has 0 atom stereocenters. The summed E-state index contributed by atoms with van der Waals surface area (Å²) in [5.74, 6) is 0.0216. The third kappa shape index (κ3) is 2.40. The van der Waals surface area contributed by atoms with Crippen molar-refractivity contribution >= 4 is 17.8 Å². The number of amides is 4. The summed E-state index contributed by atoms with van der Waals surface area (Å²) in [7, 11) is 0. The Hall–Kier alpha value is -1.59. The normalized spacial score (nSPS) is 22.6. The second kappa shape index (κ2) is 4.01. The third-order valence-electron chi connectivity index (χ3n) is 3.28. The Bertz CT molecular complexity index is 374. The van der Waals surface area contributed by atoms with E-state index in [9.17, 15) is 14.4 Å². The molecule has 2 fully saturated rings. The fourth-order valence-corrected chi connectivity index (χ4v) is 1.74. The molecule has 94 valence electrons. The van der Waals surface area contributed by atoms with Gasteiger partial charge in [0.1, 0.15) is 12.1 Å². The molecule has 1 aliphatic carbocycles. The average Bonchev–Trinajstić information content (AvgIpc) is 3.02. The maximum absolute atomic E-state index is 11.6. The van der Waals surface area contributed by atoms with Crippen LogP contribution >= 0.6 is 0 Å². The molecule has 2 aliphatic rings. The van der Waals surface area contributed by atoms with Gasteiger partial charge in [-0.1, -0.05) is 0 Å². The smallest absolute Gasteiger partial charge is 0.325 e. The van der Waals surface area contributed by atoms with Crippen molar-refractivity contribution < 1.29 is 14.4 Å². The van der Waals surface area contributed by atoms with Crippen molar-refractivity contribution in [2.75, 3.05) is 13.1 Å². The van der Waals surface area contributed by atoms with Gasteiger partial charge in [-0.2, -0.15) is 0 Å². The predicted molar refractivity (Wildman–Crippen MR) is 60.1 cm³/mol. The molecule has 0 aromatic heterocycles. The van der Waals surface area contributed by atoms with E-state index in [1.165, 1.54) is 4.90 Å². The van der Waals surface area contributed by atoms with E-state index in [-0.39, 0.29) is 18.4 Å². The van der Waals surface area contributed by atoms with E-state index >= 15 is 0 Å². The molecule has 1 aliphatic heterocycles. The fraction of sp³-hybridized carbons (Fsp3) is 0.727. The lowest BCUT2D eigenvalue weighted by Crippen LogP contribution is -2.49. The Labute approximate surface area is 99.7 Å². The summed E-state index contributed by atoms with van der Waals surface area (Å²) >= 11 is 0. The SMILES string of the molecule is CC1(C)C(=O)NC(=O)N1CC(=O)NCC1CC1. The van der Waals surface area contributed by atoms with E-state index < -0.39 is 11.6 Å². The minimum atomic E-state index is -0.950. The zero-order chi connectivity index (χ0) is 12.6. The number of carbonyl (C=O) groups is 3. The summed E-state index contributed by atoms with van der Waals surface area (Å²) in [6.07, 6.45) is 2.32. The number of urea groups is 1. The molecule has 0 radical (unpaired) electrons. The molecule has 4 amide bonds. The quantitative estimate of drug-likeness (QED) is 0.669. The van der Waals surface area contributed by atoms with Gasteiger partial charge in [-0.3, -0.25) is 14.9 Å². The minimum Gasteiger partial charge on any atom is -0.354 e. The van der Waals surface area contributed by atoms with E-state index in [2.05, 4.69) is 10.6 Å². The van der Waals surface area contributed by atoms with Crippen LogP contribution in [0, 0.1) is 5.92 Å². The van der Waals surface area contributed by atoms with Crippen LogP contribution in [0.1, 0.15) is 26.7 Å². The monoisotopic (exact) mass is 239 g/mol. The molecule has 2 N–H and O–H groups in total. The third-order valence-corrected chi connectivity index (χ3v) is 3.28. The van der Waals surface area contributed by atoms with Crippen molar-refractivity contribution in [1.29, 1.82) is 0 Å². The summed E-state index contributed by atoms with van der Waals surface area (Å²) < 4.78 is 0. The number of imide groups is 1. The van der Waals surface area contributed by atoms with Crippen molar-refractivity contribution in [3.05, 3.63) is 0 Å². The molecule has 0 aromatic carbocycles.